The van der Waals surface area contributed by atoms with E-state index in [1.807, 2.05) is 0 Å². The number of benzene rings is 1. The van der Waals surface area contributed by atoms with Crippen LogP contribution in [0.4, 0.5) is 4.39 Å². The first-order valence-electron chi connectivity index (χ1n) is 8.46. The molecule has 3 aromatic heterocycles. The third kappa shape index (κ3) is 3.64. The lowest BCUT2D eigenvalue weighted by molar-refractivity contribution is 0.111. The fraction of sp³-hybridized carbons (Fsp3) is 0.0476. The molecule has 0 radical (unpaired) electrons. The summed E-state index contributed by atoms with van der Waals surface area (Å²) in [5.74, 6) is 0.527. The molecule has 0 saturated carbocycles. The van der Waals surface area contributed by atoms with E-state index < -0.39 is 0 Å². The van der Waals surface area contributed by atoms with Gasteiger partial charge < -0.3 is 4.74 Å². The molecule has 138 valence electrons. The molecule has 4 rings (SSSR count). The van der Waals surface area contributed by atoms with Crippen molar-refractivity contribution >= 4 is 17.3 Å². The van der Waals surface area contributed by atoms with Gasteiger partial charge in [0.25, 0.3) is 5.56 Å². The van der Waals surface area contributed by atoms with Gasteiger partial charge >= 0.3 is 0 Å². The molecule has 0 unspecified atom stereocenters. The first-order valence-corrected chi connectivity index (χ1v) is 8.46. The van der Waals surface area contributed by atoms with Crippen LogP contribution in [0, 0.1) is 5.82 Å². The van der Waals surface area contributed by atoms with Crippen molar-refractivity contribution in [2.75, 3.05) is 0 Å². The molecule has 0 bridgehead atoms. The van der Waals surface area contributed by atoms with Crippen LogP contribution in [0.3, 0.4) is 0 Å². The summed E-state index contributed by atoms with van der Waals surface area (Å²) in [5.41, 5.74) is 1.96. The van der Waals surface area contributed by atoms with Crippen LogP contribution in [0.2, 0.25) is 0 Å². The van der Waals surface area contributed by atoms with E-state index in [0.29, 0.717) is 34.6 Å². The van der Waals surface area contributed by atoms with Crippen LogP contribution < -0.4 is 10.3 Å². The number of aromatic nitrogens is 3. The van der Waals surface area contributed by atoms with Gasteiger partial charge in [0.05, 0.1) is 11.0 Å². The fourth-order valence-corrected chi connectivity index (χ4v) is 2.70. The van der Waals surface area contributed by atoms with Gasteiger partial charge in [0.15, 0.2) is 6.29 Å². The Morgan fingerprint density at radius 1 is 0.964 bits per heavy atom. The minimum atomic E-state index is -0.313. The van der Waals surface area contributed by atoms with Crippen molar-refractivity contribution < 1.29 is 13.9 Å². The Hall–Kier alpha value is -3.87. The van der Waals surface area contributed by atoms with Crippen molar-refractivity contribution in [1.82, 2.24) is 14.5 Å². The summed E-state index contributed by atoms with van der Waals surface area (Å²) in [6.45, 7) is 0.225. The molecule has 0 atom stereocenters. The van der Waals surface area contributed by atoms with E-state index in [2.05, 4.69) is 9.97 Å². The van der Waals surface area contributed by atoms with E-state index in [9.17, 15) is 14.0 Å². The van der Waals surface area contributed by atoms with Crippen LogP contribution in [0.5, 0.6) is 5.75 Å². The molecule has 0 saturated heterocycles. The number of carbonyl (C=O) groups excluding carboxylic acids is 1. The molecule has 0 aliphatic heterocycles. The Morgan fingerprint density at radius 3 is 2.46 bits per heavy atom. The van der Waals surface area contributed by atoms with Gasteiger partial charge in [-0.15, -0.1) is 0 Å². The molecule has 6 nitrogen and oxygen atoms in total. The Morgan fingerprint density at radius 2 is 1.71 bits per heavy atom. The number of pyridine rings is 3. The van der Waals surface area contributed by atoms with Crippen molar-refractivity contribution in [3.05, 3.63) is 94.3 Å². The van der Waals surface area contributed by atoms with Gasteiger partial charge in [-0.25, -0.2) is 14.4 Å². The van der Waals surface area contributed by atoms with Crippen molar-refractivity contribution in [2.45, 2.75) is 6.61 Å². The van der Waals surface area contributed by atoms with Gasteiger partial charge in [-0.2, -0.15) is 0 Å². The first-order chi connectivity index (χ1) is 13.6. The molecule has 0 spiro atoms. The fourth-order valence-electron chi connectivity index (χ4n) is 2.70. The number of hydrogen-bond donors (Lipinski definition) is 0. The van der Waals surface area contributed by atoms with Crippen LogP contribution in [-0.4, -0.2) is 20.8 Å². The van der Waals surface area contributed by atoms with Gasteiger partial charge in [0, 0.05) is 12.3 Å². The summed E-state index contributed by atoms with van der Waals surface area (Å²) in [5, 5.41) is 0. The highest BCUT2D eigenvalue weighted by Crippen LogP contribution is 2.15. The van der Waals surface area contributed by atoms with Gasteiger partial charge in [-0.05, 0) is 48.0 Å². The monoisotopic (exact) mass is 375 g/mol. The Bertz CT molecular complexity index is 1220. The number of hydrogen-bond acceptors (Lipinski definition) is 5. The number of carbonyl (C=O) groups is 1. The highest BCUT2D eigenvalue weighted by molar-refractivity contribution is 5.81. The average molecular weight is 375 g/mol. The number of aldehydes is 1. The zero-order valence-corrected chi connectivity index (χ0v) is 14.6. The number of nitrogens with zero attached hydrogens (tertiary/aromatic N) is 3. The van der Waals surface area contributed by atoms with Crippen molar-refractivity contribution in [3.8, 4) is 11.6 Å². The van der Waals surface area contributed by atoms with E-state index in [4.69, 9.17) is 4.74 Å². The minimum absolute atomic E-state index is 0.225. The lowest BCUT2D eigenvalue weighted by Crippen LogP contribution is -2.17. The smallest absolute Gasteiger partial charge is 0.259 e. The third-order valence-electron chi connectivity index (χ3n) is 4.13. The SMILES string of the molecule is O=Cc1ccc2nc(-n3ccc(OCc4ccc(F)cc4)cc3=O)ccc2n1. The van der Waals surface area contributed by atoms with E-state index in [0.717, 1.165) is 5.56 Å². The molecule has 0 N–H and O–H groups in total. The van der Waals surface area contributed by atoms with E-state index in [1.54, 1.807) is 48.7 Å². The zero-order valence-electron chi connectivity index (χ0n) is 14.6. The topological polar surface area (TPSA) is 74.1 Å². The third-order valence-corrected chi connectivity index (χ3v) is 4.13. The molecule has 0 aliphatic rings. The molecule has 0 aliphatic carbocycles. The number of fused-ring (bicyclic) bond motifs is 1. The van der Waals surface area contributed by atoms with Crippen LogP contribution >= 0.6 is 0 Å². The maximum absolute atomic E-state index is 12.9. The number of rotatable bonds is 5. The van der Waals surface area contributed by atoms with E-state index in [-0.39, 0.29) is 18.0 Å². The molecule has 7 heteroatoms. The summed E-state index contributed by atoms with van der Waals surface area (Å²) >= 11 is 0. The molecule has 0 amide bonds. The summed E-state index contributed by atoms with van der Waals surface area (Å²) in [6, 6.07) is 15.6. The summed E-state index contributed by atoms with van der Waals surface area (Å²) in [7, 11) is 0. The molecular weight excluding hydrogens is 361 g/mol. The summed E-state index contributed by atoms with van der Waals surface area (Å²) in [4.78, 5) is 31.9. The second-order valence-electron chi connectivity index (χ2n) is 6.05. The van der Waals surface area contributed by atoms with Crippen molar-refractivity contribution in [2.24, 2.45) is 0 Å². The van der Waals surface area contributed by atoms with Crippen LogP contribution in [0.25, 0.3) is 16.9 Å². The normalized spacial score (nSPS) is 10.8. The highest BCUT2D eigenvalue weighted by atomic mass is 19.1. The maximum Gasteiger partial charge on any atom is 0.259 e. The van der Waals surface area contributed by atoms with Crippen LogP contribution in [0.15, 0.2) is 71.7 Å². The molecule has 28 heavy (non-hydrogen) atoms. The molecular formula is C21H14FN3O3. The largest absolute Gasteiger partial charge is 0.489 e. The van der Waals surface area contributed by atoms with Crippen LogP contribution in [-0.2, 0) is 6.61 Å². The second kappa shape index (κ2) is 7.40. The number of ether oxygens (including phenoxy) is 1. The quantitative estimate of drug-likeness (QED) is 0.500. The first kappa shape index (κ1) is 17.5. The summed E-state index contributed by atoms with van der Waals surface area (Å²) in [6.07, 6.45) is 2.24. The minimum Gasteiger partial charge on any atom is -0.489 e. The molecule has 4 aromatic rings. The molecule has 1 aromatic carbocycles. The Labute approximate surface area is 158 Å². The zero-order chi connectivity index (χ0) is 19.5. The second-order valence-corrected chi connectivity index (χ2v) is 6.05. The predicted molar refractivity (Wildman–Crippen MR) is 101 cm³/mol. The van der Waals surface area contributed by atoms with Gasteiger partial charge in [-0.1, -0.05) is 12.1 Å². The van der Waals surface area contributed by atoms with E-state index >= 15 is 0 Å². The van der Waals surface area contributed by atoms with Gasteiger partial charge in [0.2, 0.25) is 0 Å². The van der Waals surface area contributed by atoms with Crippen molar-refractivity contribution in [1.29, 1.82) is 0 Å². The number of halogens is 1. The predicted octanol–water partition coefficient (Wildman–Crippen LogP) is 3.31. The molecule has 3 heterocycles. The maximum atomic E-state index is 12.9. The Balaban J connectivity index is 1.57. The lowest BCUT2D eigenvalue weighted by Gasteiger charge is -2.09. The van der Waals surface area contributed by atoms with Crippen LogP contribution in [0.1, 0.15) is 16.1 Å². The van der Waals surface area contributed by atoms with Crippen molar-refractivity contribution in [3.63, 3.8) is 0 Å². The average Bonchev–Trinajstić information content (AvgIpc) is 2.72. The van der Waals surface area contributed by atoms with Gasteiger partial charge in [0.1, 0.15) is 29.7 Å². The Kier molecular flexibility index (Phi) is 4.63. The lowest BCUT2D eigenvalue weighted by atomic mass is 10.2. The highest BCUT2D eigenvalue weighted by Gasteiger charge is 2.06. The van der Waals surface area contributed by atoms with E-state index in [1.165, 1.54) is 22.8 Å². The van der Waals surface area contributed by atoms with Gasteiger partial charge in [-0.3, -0.25) is 14.2 Å². The standard InChI is InChI=1S/C21H14FN3O3/c22-15-3-1-14(2-4-15)13-28-17-9-10-25(21(27)11-17)20-8-7-18-19(24-20)6-5-16(12-26)23-18/h1-12H,13H2. The summed E-state index contributed by atoms with van der Waals surface area (Å²) < 4.78 is 19.9. The molecule has 0 fully saturated rings.